The second-order valence-corrected chi connectivity index (χ2v) is 9.32. The van der Waals surface area contributed by atoms with Gasteiger partial charge in [0.15, 0.2) is 12.5 Å². The molecule has 7 nitrogen and oxygen atoms in total. The van der Waals surface area contributed by atoms with Gasteiger partial charge in [-0.3, -0.25) is 4.79 Å². The number of ether oxygens (including phenoxy) is 2. The monoisotopic (exact) mass is 473 g/mol. The van der Waals surface area contributed by atoms with Gasteiger partial charge in [-0.2, -0.15) is 5.10 Å². The van der Waals surface area contributed by atoms with E-state index >= 15 is 0 Å². The first-order chi connectivity index (χ1) is 16.8. The number of nitrogens with one attached hydrogen (secondary N) is 1. The highest BCUT2D eigenvalue weighted by Gasteiger charge is 2.15. The zero-order chi connectivity index (χ0) is 24.8. The third-order valence-corrected chi connectivity index (χ3v) is 5.57. The highest BCUT2D eigenvalue weighted by atomic mass is 16.5. The van der Waals surface area contributed by atoms with E-state index in [2.05, 4.69) is 50.2 Å². The van der Waals surface area contributed by atoms with Gasteiger partial charge in [0.2, 0.25) is 0 Å². The number of nitrogens with zero attached hydrogens (tertiary/aromatic N) is 2. The van der Waals surface area contributed by atoms with E-state index in [1.807, 2.05) is 36.4 Å². The highest BCUT2D eigenvalue weighted by Crippen LogP contribution is 2.25. The van der Waals surface area contributed by atoms with Crippen LogP contribution in [0.5, 0.6) is 11.5 Å². The Kier molecular flexibility index (Phi) is 7.25. The first-order valence-electron chi connectivity index (χ1n) is 11.7. The van der Waals surface area contributed by atoms with E-state index < -0.39 is 0 Å². The SMILES string of the molecule is CCc1ccc(OCn2cc(NC(=O)c3ccc(COc4ccc(C(C)(C)C)cc4)o3)cn2)cc1. The van der Waals surface area contributed by atoms with Gasteiger partial charge in [-0.1, -0.05) is 52.0 Å². The van der Waals surface area contributed by atoms with Crippen LogP contribution in [0.2, 0.25) is 0 Å². The molecule has 0 aliphatic carbocycles. The van der Waals surface area contributed by atoms with Gasteiger partial charge in [-0.25, -0.2) is 4.68 Å². The summed E-state index contributed by atoms with van der Waals surface area (Å²) in [4.78, 5) is 12.6. The largest absolute Gasteiger partial charge is 0.486 e. The van der Waals surface area contributed by atoms with Crippen molar-refractivity contribution in [2.75, 3.05) is 5.32 Å². The number of rotatable bonds is 9. The van der Waals surface area contributed by atoms with Gasteiger partial charge < -0.3 is 19.2 Å². The van der Waals surface area contributed by atoms with Crippen LogP contribution >= 0.6 is 0 Å². The molecule has 0 saturated heterocycles. The third-order valence-electron chi connectivity index (χ3n) is 5.57. The number of hydrogen-bond donors (Lipinski definition) is 1. The van der Waals surface area contributed by atoms with Gasteiger partial charge in [0, 0.05) is 0 Å². The molecule has 0 atom stereocenters. The molecule has 2 aromatic carbocycles. The van der Waals surface area contributed by atoms with Crippen LogP contribution in [0.15, 0.2) is 77.5 Å². The van der Waals surface area contributed by atoms with Crippen molar-refractivity contribution in [1.29, 1.82) is 0 Å². The van der Waals surface area contributed by atoms with Crippen molar-refractivity contribution in [2.45, 2.75) is 52.9 Å². The maximum absolute atomic E-state index is 12.6. The van der Waals surface area contributed by atoms with Gasteiger partial charge in [-0.15, -0.1) is 0 Å². The molecule has 1 amide bonds. The molecular formula is C28H31N3O4. The van der Waals surface area contributed by atoms with Crippen molar-refractivity contribution in [3.8, 4) is 11.5 Å². The molecule has 0 radical (unpaired) electrons. The molecule has 0 bridgehead atoms. The molecule has 0 spiro atoms. The van der Waals surface area contributed by atoms with Crippen molar-refractivity contribution >= 4 is 11.6 Å². The lowest BCUT2D eigenvalue weighted by atomic mass is 9.87. The number of aryl methyl sites for hydroxylation is 1. The minimum Gasteiger partial charge on any atom is -0.486 e. The number of carbonyl (C=O) groups excluding carboxylic acids is 1. The van der Waals surface area contributed by atoms with Gasteiger partial charge in [0.05, 0.1) is 18.1 Å². The summed E-state index contributed by atoms with van der Waals surface area (Å²) in [5, 5.41) is 7.01. The van der Waals surface area contributed by atoms with Gasteiger partial charge in [0.25, 0.3) is 5.91 Å². The molecule has 2 heterocycles. The molecule has 1 N–H and O–H groups in total. The smallest absolute Gasteiger partial charge is 0.291 e. The number of amides is 1. The van der Waals surface area contributed by atoms with Crippen molar-refractivity contribution in [1.82, 2.24) is 9.78 Å². The quantitative estimate of drug-likeness (QED) is 0.313. The van der Waals surface area contributed by atoms with Crippen molar-refractivity contribution in [2.24, 2.45) is 0 Å². The molecule has 182 valence electrons. The average Bonchev–Trinajstić information content (AvgIpc) is 3.51. The summed E-state index contributed by atoms with van der Waals surface area (Å²) in [6.45, 7) is 9.09. The minimum atomic E-state index is -0.360. The summed E-state index contributed by atoms with van der Waals surface area (Å²) in [6.07, 6.45) is 4.25. The van der Waals surface area contributed by atoms with Crippen LogP contribution in [0.4, 0.5) is 5.69 Å². The molecule has 35 heavy (non-hydrogen) atoms. The minimum absolute atomic E-state index is 0.0893. The molecular weight excluding hydrogens is 442 g/mol. The summed E-state index contributed by atoms with van der Waals surface area (Å²) in [5.41, 5.74) is 3.13. The normalized spacial score (nSPS) is 11.3. The first kappa shape index (κ1) is 24.1. The van der Waals surface area contributed by atoms with Crippen LogP contribution in [0.25, 0.3) is 0 Å². The Balaban J connectivity index is 1.26. The maximum Gasteiger partial charge on any atom is 0.291 e. The molecule has 0 fully saturated rings. The van der Waals surface area contributed by atoms with Crippen LogP contribution in [0.3, 0.4) is 0 Å². The van der Waals surface area contributed by atoms with Gasteiger partial charge in [0.1, 0.15) is 23.9 Å². The fourth-order valence-electron chi connectivity index (χ4n) is 3.44. The number of furan rings is 1. The molecule has 2 aromatic heterocycles. The molecule has 0 aliphatic heterocycles. The first-order valence-corrected chi connectivity index (χ1v) is 11.7. The van der Waals surface area contributed by atoms with E-state index in [-0.39, 0.29) is 30.4 Å². The second-order valence-electron chi connectivity index (χ2n) is 9.32. The summed E-state index contributed by atoms with van der Waals surface area (Å²) in [7, 11) is 0. The zero-order valence-corrected chi connectivity index (χ0v) is 20.6. The van der Waals surface area contributed by atoms with E-state index in [1.165, 1.54) is 11.1 Å². The highest BCUT2D eigenvalue weighted by molar-refractivity contribution is 6.02. The number of carbonyl (C=O) groups is 1. The van der Waals surface area contributed by atoms with Crippen LogP contribution in [0.1, 0.15) is 55.1 Å². The summed E-state index contributed by atoms with van der Waals surface area (Å²) >= 11 is 0. The number of anilines is 1. The molecule has 7 heteroatoms. The third kappa shape index (κ3) is 6.53. The Bertz CT molecular complexity index is 1250. The van der Waals surface area contributed by atoms with Crippen molar-refractivity contribution in [3.63, 3.8) is 0 Å². The zero-order valence-electron chi connectivity index (χ0n) is 20.6. The fourth-order valence-corrected chi connectivity index (χ4v) is 3.44. The summed E-state index contributed by atoms with van der Waals surface area (Å²) in [5.74, 6) is 1.91. The van der Waals surface area contributed by atoms with Crippen LogP contribution in [0, 0.1) is 0 Å². The topological polar surface area (TPSA) is 78.5 Å². The van der Waals surface area contributed by atoms with Crippen molar-refractivity contribution in [3.05, 3.63) is 95.7 Å². The lowest BCUT2D eigenvalue weighted by Crippen LogP contribution is -2.10. The van der Waals surface area contributed by atoms with Gasteiger partial charge in [-0.05, 0) is 59.4 Å². The van der Waals surface area contributed by atoms with Crippen LogP contribution in [-0.2, 0) is 25.2 Å². The molecule has 0 aliphatic rings. The number of benzene rings is 2. The van der Waals surface area contributed by atoms with Crippen LogP contribution < -0.4 is 14.8 Å². The molecule has 4 rings (SSSR count). The van der Waals surface area contributed by atoms with Crippen molar-refractivity contribution < 1.29 is 18.7 Å². The predicted octanol–water partition coefficient (Wildman–Crippen LogP) is 6.20. The lowest BCUT2D eigenvalue weighted by molar-refractivity contribution is 0.0992. The second kappa shape index (κ2) is 10.5. The molecule has 0 saturated carbocycles. The fraction of sp³-hybridized carbons (Fsp3) is 0.286. The van der Waals surface area contributed by atoms with Gasteiger partial charge >= 0.3 is 0 Å². The van der Waals surface area contributed by atoms with E-state index in [0.29, 0.717) is 11.4 Å². The Hall–Kier alpha value is -4.00. The van der Waals surface area contributed by atoms with Crippen LogP contribution in [-0.4, -0.2) is 15.7 Å². The standard InChI is InChI=1S/C28H31N3O4/c1-5-20-6-10-24(11-7-20)34-19-31-17-22(16-29-31)30-27(32)26-15-14-25(35-26)18-33-23-12-8-21(9-13-23)28(2,3)4/h6-17H,5,18-19H2,1-4H3,(H,30,32). The van der Waals surface area contributed by atoms with E-state index in [0.717, 1.165) is 17.9 Å². The molecule has 0 unspecified atom stereocenters. The van der Waals surface area contributed by atoms with E-state index in [9.17, 15) is 4.79 Å². The Labute approximate surface area is 205 Å². The predicted molar refractivity (Wildman–Crippen MR) is 135 cm³/mol. The maximum atomic E-state index is 12.6. The Morgan fingerprint density at radius 3 is 2.34 bits per heavy atom. The number of aromatic nitrogens is 2. The lowest BCUT2D eigenvalue weighted by Gasteiger charge is -2.19. The summed E-state index contributed by atoms with van der Waals surface area (Å²) in [6, 6.07) is 19.3. The van der Waals surface area contributed by atoms with E-state index in [1.54, 1.807) is 29.2 Å². The Morgan fingerprint density at radius 1 is 0.971 bits per heavy atom. The van der Waals surface area contributed by atoms with E-state index in [4.69, 9.17) is 13.9 Å². The Morgan fingerprint density at radius 2 is 1.66 bits per heavy atom. The summed E-state index contributed by atoms with van der Waals surface area (Å²) < 4.78 is 18.8. The number of hydrogen-bond acceptors (Lipinski definition) is 5. The average molecular weight is 474 g/mol. The molecule has 4 aromatic rings.